The lowest BCUT2D eigenvalue weighted by Gasteiger charge is -2.09. The Bertz CT molecular complexity index is 982. The number of aryl methyl sites for hydroxylation is 2. The Labute approximate surface area is 144 Å². The Morgan fingerprint density at radius 1 is 1.12 bits per heavy atom. The maximum Gasteiger partial charge on any atom is 0.329 e. The zero-order valence-corrected chi connectivity index (χ0v) is 14.5. The second-order valence-electron chi connectivity index (χ2n) is 6.14. The third-order valence-corrected chi connectivity index (χ3v) is 4.05. The fraction of sp³-hybridized carbons (Fsp3) is 0.278. The van der Waals surface area contributed by atoms with Crippen molar-refractivity contribution in [3.63, 3.8) is 0 Å². The van der Waals surface area contributed by atoms with E-state index in [1.807, 2.05) is 30.7 Å². The summed E-state index contributed by atoms with van der Waals surface area (Å²) in [4.78, 5) is 25.9. The van der Waals surface area contributed by atoms with Crippen LogP contribution in [-0.2, 0) is 20.1 Å². The second-order valence-corrected chi connectivity index (χ2v) is 6.14. The summed E-state index contributed by atoms with van der Waals surface area (Å²) in [7, 11) is 1.44. The van der Waals surface area contributed by atoms with Crippen LogP contribution in [0.25, 0.3) is 0 Å². The molecule has 3 aromatic rings. The van der Waals surface area contributed by atoms with Crippen LogP contribution in [0.3, 0.4) is 0 Å². The van der Waals surface area contributed by atoms with Crippen LogP contribution in [0.2, 0.25) is 0 Å². The molecule has 2 heterocycles. The van der Waals surface area contributed by atoms with Gasteiger partial charge in [0, 0.05) is 25.4 Å². The van der Waals surface area contributed by atoms with Gasteiger partial charge in [-0.2, -0.15) is 5.10 Å². The molecule has 2 aromatic heterocycles. The molecule has 7 heteroatoms. The maximum absolute atomic E-state index is 11.7. The Hall–Kier alpha value is -3.09. The van der Waals surface area contributed by atoms with Gasteiger partial charge in [0.05, 0.1) is 12.2 Å². The van der Waals surface area contributed by atoms with Crippen molar-refractivity contribution in [2.75, 3.05) is 5.32 Å². The third-order valence-electron chi connectivity index (χ3n) is 4.05. The van der Waals surface area contributed by atoms with E-state index in [9.17, 15) is 9.59 Å². The number of aromatic nitrogens is 4. The number of benzene rings is 1. The molecule has 130 valence electrons. The number of anilines is 1. The van der Waals surface area contributed by atoms with Crippen molar-refractivity contribution in [1.82, 2.24) is 19.3 Å². The molecule has 1 aromatic carbocycles. The van der Waals surface area contributed by atoms with Crippen molar-refractivity contribution in [2.24, 2.45) is 7.05 Å². The number of nitrogens with zero attached hydrogens (tertiary/aromatic N) is 3. The summed E-state index contributed by atoms with van der Waals surface area (Å²) >= 11 is 0. The molecule has 0 aliphatic carbocycles. The van der Waals surface area contributed by atoms with Crippen LogP contribution < -0.4 is 16.6 Å². The molecule has 0 aliphatic rings. The van der Waals surface area contributed by atoms with Crippen molar-refractivity contribution in [3.8, 4) is 0 Å². The van der Waals surface area contributed by atoms with Crippen molar-refractivity contribution >= 4 is 5.82 Å². The van der Waals surface area contributed by atoms with E-state index in [0.717, 1.165) is 27.1 Å². The third kappa shape index (κ3) is 3.88. The molecule has 0 spiro atoms. The highest BCUT2D eigenvalue weighted by Crippen LogP contribution is 2.11. The smallest absolute Gasteiger partial charge is 0.329 e. The van der Waals surface area contributed by atoms with E-state index in [4.69, 9.17) is 0 Å². The van der Waals surface area contributed by atoms with Gasteiger partial charge in [-0.1, -0.05) is 24.3 Å². The minimum atomic E-state index is -0.437. The molecule has 0 atom stereocenters. The summed E-state index contributed by atoms with van der Waals surface area (Å²) < 4.78 is 3.00. The maximum atomic E-state index is 11.7. The fourth-order valence-corrected chi connectivity index (χ4v) is 2.69. The van der Waals surface area contributed by atoms with Crippen LogP contribution in [0.5, 0.6) is 0 Å². The minimum absolute atomic E-state index is 0.343. The predicted octanol–water partition coefficient (Wildman–Crippen LogP) is 1.55. The van der Waals surface area contributed by atoms with Gasteiger partial charge < -0.3 is 5.32 Å². The first-order valence-corrected chi connectivity index (χ1v) is 8.05. The van der Waals surface area contributed by atoms with Gasteiger partial charge in [-0.25, -0.2) is 4.79 Å². The van der Waals surface area contributed by atoms with E-state index in [1.165, 1.54) is 13.1 Å². The number of nitrogens with one attached hydrogen (secondary N) is 2. The average Bonchev–Trinajstić information content (AvgIpc) is 2.88. The average molecular weight is 339 g/mol. The quantitative estimate of drug-likeness (QED) is 0.738. The minimum Gasteiger partial charge on any atom is -0.367 e. The molecule has 7 nitrogen and oxygen atoms in total. The van der Waals surface area contributed by atoms with Crippen LogP contribution in [-0.4, -0.2) is 19.3 Å². The van der Waals surface area contributed by atoms with Crippen LogP contribution in [0.1, 0.15) is 22.5 Å². The van der Waals surface area contributed by atoms with Gasteiger partial charge in [-0.3, -0.25) is 19.0 Å². The molecule has 0 amide bonds. The molecule has 25 heavy (non-hydrogen) atoms. The summed E-state index contributed by atoms with van der Waals surface area (Å²) in [5, 5.41) is 7.57. The number of aromatic amines is 1. The first-order chi connectivity index (χ1) is 11.9. The summed E-state index contributed by atoms with van der Waals surface area (Å²) in [5.41, 5.74) is 3.55. The fourth-order valence-electron chi connectivity index (χ4n) is 2.69. The van der Waals surface area contributed by atoms with Gasteiger partial charge >= 0.3 is 5.69 Å². The highest BCUT2D eigenvalue weighted by atomic mass is 16.2. The molecule has 2 N–H and O–H groups in total. The Morgan fingerprint density at radius 3 is 2.56 bits per heavy atom. The van der Waals surface area contributed by atoms with Crippen LogP contribution >= 0.6 is 0 Å². The van der Waals surface area contributed by atoms with Crippen LogP contribution in [0.15, 0.2) is 46.0 Å². The van der Waals surface area contributed by atoms with E-state index >= 15 is 0 Å². The molecule has 0 saturated carbocycles. The van der Waals surface area contributed by atoms with E-state index in [2.05, 4.69) is 33.6 Å². The van der Waals surface area contributed by atoms with Crippen molar-refractivity contribution in [3.05, 3.63) is 79.8 Å². The molecule has 0 radical (unpaired) electrons. The predicted molar refractivity (Wildman–Crippen MR) is 96.9 cm³/mol. The zero-order valence-electron chi connectivity index (χ0n) is 14.5. The zero-order chi connectivity index (χ0) is 18.0. The lowest BCUT2D eigenvalue weighted by Crippen LogP contribution is -2.32. The second kappa shape index (κ2) is 6.80. The van der Waals surface area contributed by atoms with Gasteiger partial charge in [0.1, 0.15) is 5.82 Å². The van der Waals surface area contributed by atoms with Gasteiger partial charge in [-0.05, 0) is 31.0 Å². The number of hydrogen-bond acceptors (Lipinski definition) is 4. The largest absolute Gasteiger partial charge is 0.367 e. The van der Waals surface area contributed by atoms with Gasteiger partial charge in [0.2, 0.25) is 0 Å². The molecule has 0 aliphatic heterocycles. The number of hydrogen-bond donors (Lipinski definition) is 2. The van der Waals surface area contributed by atoms with Crippen molar-refractivity contribution < 1.29 is 0 Å². The van der Waals surface area contributed by atoms with Gasteiger partial charge in [0.15, 0.2) is 0 Å². The van der Waals surface area contributed by atoms with E-state index < -0.39 is 5.69 Å². The molecule has 0 bridgehead atoms. The molecule has 0 saturated heterocycles. The Balaban J connectivity index is 1.73. The molecular weight excluding hydrogens is 318 g/mol. The lowest BCUT2D eigenvalue weighted by atomic mass is 10.1. The molecular formula is C18H21N5O2. The Morgan fingerprint density at radius 2 is 1.88 bits per heavy atom. The monoisotopic (exact) mass is 339 g/mol. The van der Waals surface area contributed by atoms with Gasteiger partial charge in [-0.15, -0.1) is 0 Å². The molecule has 3 rings (SSSR count). The number of H-pyrrole nitrogens is 1. The normalized spacial score (nSPS) is 10.8. The van der Waals surface area contributed by atoms with E-state index in [0.29, 0.717) is 18.9 Å². The summed E-state index contributed by atoms with van der Waals surface area (Å²) in [6, 6.07) is 11.6. The highest BCUT2D eigenvalue weighted by molar-refractivity contribution is 5.34. The molecule has 0 unspecified atom stereocenters. The van der Waals surface area contributed by atoms with E-state index in [1.54, 1.807) is 0 Å². The summed E-state index contributed by atoms with van der Waals surface area (Å²) in [6.45, 7) is 5.23. The summed E-state index contributed by atoms with van der Waals surface area (Å²) in [6.07, 6.45) is 0. The van der Waals surface area contributed by atoms with Gasteiger partial charge in [0.25, 0.3) is 5.56 Å². The van der Waals surface area contributed by atoms with E-state index in [-0.39, 0.29) is 5.56 Å². The SMILES string of the molecule is Cc1cc(C)n(Cc2cccc(CNc3cc(=O)n(C)c(=O)[nH]3)c2)n1. The Kier molecular flexibility index (Phi) is 4.56. The van der Waals surface area contributed by atoms with Crippen LogP contribution in [0.4, 0.5) is 5.82 Å². The van der Waals surface area contributed by atoms with Crippen molar-refractivity contribution in [1.29, 1.82) is 0 Å². The molecule has 0 fully saturated rings. The topological polar surface area (TPSA) is 84.7 Å². The van der Waals surface area contributed by atoms with Crippen molar-refractivity contribution in [2.45, 2.75) is 26.9 Å². The number of rotatable bonds is 5. The first kappa shape index (κ1) is 16.8. The lowest BCUT2D eigenvalue weighted by molar-refractivity contribution is 0.658. The highest BCUT2D eigenvalue weighted by Gasteiger charge is 2.04. The summed E-state index contributed by atoms with van der Waals surface area (Å²) in [5.74, 6) is 0.414. The van der Waals surface area contributed by atoms with Crippen LogP contribution in [0, 0.1) is 13.8 Å². The first-order valence-electron chi connectivity index (χ1n) is 8.05. The standard InChI is InChI=1S/C18H21N5O2/c1-12-7-13(2)23(21-12)11-15-6-4-5-14(8-15)10-19-16-9-17(24)22(3)18(25)20-16/h4-9,19H,10-11H2,1-3H3,(H,20,25).